The summed E-state index contributed by atoms with van der Waals surface area (Å²) in [4.78, 5) is 21.0. The fourth-order valence-electron chi connectivity index (χ4n) is 2.36. The lowest BCUT2D eigenvalue weighted by Crippen LogP contribution is -2.15. The van der Waals surface area contributed by atoms with Crippen LogP contribution in [0.1, 0.15) is 21.9 Å². The average molecular weight is 398 g/mol. The molecule has 6 nitrogen and oxygen atoms in total. The zero-order chi connectivity index (χ0) is 19.4. The largest absolute Gasteiger partial charge is 0.339 e. The summed E-state index contributed by atoms with van der Waals surface area (Å²) < 4.78 is 0. The summed E-state index contributed by atoms with van der Waals surface area (Å²) in [7, 11) is 0. The van der Waals surface area contributed by atoms with Crippen LogP contribution in [0.25, 0.3) is 0 Å². The first-order valence-corrected chi connectivity index (χ1v) is 8.60. The van der Waals surface area contributed by atoms with Crippen molar-refractivity contribution < 1.29 is 4.79 Å². The van der Waals surface area contributed by atoms with Crippen LogP contribution in [0.3, 0.4) is 0 Å². The Morgan fingerprint density at radius 3 is 2.63 bits per heavy atom. The van der Waals surface area contributed by atoms with Crippen LogP contribution in [-0.2, 0) is 0 Å². The number of hydrogen-bond donors (Lipinski definition) is 2. The van der Waals surface area contributed by atoms with Gasteiger partial charge in [-0.2, -0.15) is 5.26 Å². The van der Waals surface area contributed by atoms with Crippen LogP contribution in [0.5, 0.6) is 0 Å². The van der Waals surface area contributed by atoms with Gasteiger partial charge in [0.2, 0.25) is 0 Å². The summed E-state index contributed by atoms with van der Waals surface area (Å²) in [5.74, 6) is 0.339. The summed E-state index contributed by atoms with van der Waals surface area (Å²) in [5, 5.41) is 15.7. The normalized spacial score (nSPS) is 10.1. The number of nitrogens with one attached hydrogen (secondary N) is 2. The van der Waals surface area contributed by atoms with E-state index < -0.39 is 5.91 Å². The van der Waals surface area contributed by atoms with Crippen molar-refractivity contribution in [3.8, 4) is 6.07 Å². The predicted molar refractivity (Wildman–Crippen MR) is 106 cm³/mol. The maximum absolute atomic E-state index is 12.6. The molecule has 1 amide bonds. The van der Waals surface area contributed by atoms with Gasteiger partial charge in [0.15, 0.2) is 0 Å². The van der Waals surface area contributed by atoms with Crippen molar-refractivity contribution in [3.63, 3.8) is 0 Å². The molecule has 2 N–H and O–H groups in total. The van der Waals surface area contributed by atoms with Gasteiger partial charge in [-0.25, -0.2) is 9.97 Å². The molecule has 0 spiro atoms. The Kier molecular flexibility index (Phi) is 5.55. The lowest BCUT2D eigenvalue weighted by molar-refractivity contribution is 0.102. The van der Waals surface area contributed by atoms with Gasteiger partial charge >= 0.3 is 0 Å². The van der Waals surface area contributed by atoms with Crippen LogP contribution in [-0.4, -0.2) is 15.9 Å². The molecule has 8 heteroatoms. The highest BCUT2D eigenvalue weighted by Gasteiger charge is 2.13. The number of rotatable bonds is 4. The first-order valence-electron chi connectivity index (χ1n) is 7.84. The van der Waals surface area contributed by atoms with E-state index in [1.807, 2.05) is 0 Å². The van der Waals surface area contributed by atoms with E-state index in [-0.39, 0.29) is 5.69 Å². The summed E-state index contributed by atoms with van der Waals surface area (Å²) in [6, 6.07) is 15.4. The number of carbonyl (C=O) groups excluding carboxylic acids is 1. The monoisotopic (exact) mass is 397 g/mol. The van der Waals surface area contributed by atoms with Gasteiger partial charge in [-0.3, -0.25) is 4.79 Å². The number of nitrogens with zero attached hydrogens (tertiary/aromatic N) is 3. The summed E-state index contributed by atoms with van der Waals surface area (Å²) in [6.07, 6.45) is 0. The summed E-state index contributed by atoms with van der Waals surface area (Å²) >= 11 is 12.0. The maximum atomic E-state index is 12.6. The van der Waals surface area contributed by atoms with Gasteiger partial charge in [-0.05, 0) is 37.3 Å². The molecule has 0 bridgehead atoms. The van der Waals surface area contributed by atoms with E-state index in [1.54, 1.807) is 49.4 Å². The highest BCUT2D eigenvalue weighted by molar-refractivity contribution is 6.35. The topological polar surface area (TPSA) is 90.7 Å². The second-order valence-corrected chi connectivity index (χ2v) is 6.39. The lowest BCUT2D eigenvalue weighted by Gasteiger charge is -2.11. The lowest BCUT2D eigenvalue weighted by atomic mass is 10.2. The number of amides is 1. The second kappa shape index (κ2) is 8.04. The molecule has 0 unspecified atom stereocenters. The molecule has 0 saturated carbocycles. The van der Waals surface area contributed by atoms with Crippen molar-refractivity contribution in [2.24, 2.45) is 0 Å². The number of halogens is 2. The zero-order valence-electron chi connectivity index (χ0n) is 14.1. The zero-order valence-corrected chi connectivity index (χ0v) is 15.6. The Balaban J connectivity index is 1.88. The van der Waals surface area contributed by atoms with Crippen LogP contribution in [0.4, 0.5) is 17.2 Å². The number of para-hydroxylation sites is 1. The Hall–Kier alpha value is -3.14. The number of aromatic nitrogens is 2. The molecular formula is C19H13Cl2N5O. The molecule has 1 heterocycles. The third kappa shape index (κ3) is 4.53. The van der Waals surface area contributed by atoms with E-state index in [0.717, 1.165) is 0 Å². The minimum absolute atomic E-state index is 0.149. The molecule has 0 fully saturated rings. The van der Waals surface area contributed by atoms with Crippen molar-refractivity contribution in [1.29, 1.82) is 5.26 Å². The van der Waals surface area contributed by atoms with Crippen LogP contribution in [0.2, 0.25) is 10.0 Å². The standard InChI is InChI=1S/C19H13Cl2N5O/c1-11-23-17(19(27)26-16-8-13(20)6-7-14(16)21)9-18(24-11)25-15-5-3-2-4-12(15)10-22/h2-9H,1H3,(H,26,27)(H,23,24,25). The van der Waals surface area contributed by atoms with Gasteiger partial charge in [0.25, 0.3) is 5.91 Å². The molecule has 3 rings (SSSR count). The number of benzene rings is 2. The van der Waals surface area contributed by atoms with Gasteiger partial charge in [-0.15, -0.1) is 0 Å². The number of aryl methyl sites for hydroxylation is 1. The highest BCUT2D eigenvalue weighted by atomic mass is 35.5. The average Bonchev–Trinajstić information content (AvgIpc) is 2.64. The molecule has 0 atom stereocenters. The molecule has 27 heavy (non-hydrogen) atoms. The van der Waals surface area contributed by atoms with E-state index in [4.69, 9.17) is 23.2 Å². The number of carbonyl (C=O) groups is 1. The molecule has 0 aliphatic rings. The van der Waals surface area contributed by atoms with E-state index >= 15 is 0 Å². The maximum Gasteiger partial charge on any atom is 0.274 e. The molecule has 1 aromatic heterocycles. The summed E-state index contributed by atoms with van der Waals surface area (Å²) in [6.45, 7) is 1.67. The predicted octanol–water partition coefficient (Wildman–Crippen LogP) is 4.96. The Morgan fingerprint density at radius 1 is 1.07 bits per heavy atom. The smallest absolute Gasteiger partial charge is 0.274 e. The van der Waals surface area contributed by atoms with Gasteiger partial charge < -0.3 is 10.6 Å². The van der Waals surface area contributed by atoms with E-state index in [0.29, 0.717) is 38.6 Å². The van der Waals surface area contributed by atoms with Gasteiger partial charge in [-0.1, -0.05) is 35.3 Å². The minimum Gasteiger partial charge on any atom is -0.339 e. The van der Waals surface area contributed by atoms with Crippen molar-refractivity contribution in [3.05, 3.63) is 75.7 Å². The molecule has 0 aliphatic carbocycles. The van der Waals surface area contributed by atoms with E-state index in [1.165, 1.54) is 6.07 Å². The van der Waals surface area contributed by atoms with E-state index in [9.17, 15) is 10.1 Å². The van der Waals surface area contributed by atoms with Crippen LogP contribution in [0, 0.1) is 18.3 Å². The van der Waals surface area contributed by atoms with Crippen molar-refractivity contribution in [2.45, 2.75) is 6.92 Å². The molecular weight excluding hydrogens is 385 g/mol. The molecule has 134 valence electrons. The second-order valence-electron chi connectivity index (χ2n) is 5.55. The van der Waals surface area contributed by atoms with Crippen molar-refractivity contribution in [2.75, 3.05) is 10.6 Å². The first-order chi connectivity index (χ1) is 13.0. The third-order valence-corrected chi connectivity index (χ3v) is 4.12. The molecule has 0 radical (unpaired) electrons. The fourth-order valence-corrected chi connectivity index (χ4v) is 2.69. The van der Waals surface area contributed by atoms with Crippen LogP contribution in [0.15, 0.2) is 48.5 Å². The van der Waals surface area contributed by atoms with Gasteiger partial charge in [0.1, 0.15) is 23.4 Å². The number of anilines is 3. The Labute approximate surface area is 165 Å². The highest BCUT2D eigenvalue weighted by Crippen LogP contribution is 2.26. The number of hydrogen-bond acceptors (Lipinski definition) is 5. The van der Waals surface area contributed by atoms with Crippen molar-refractivity contribution in [1.82, 2.24) is 9.97 Å². The number of nitriles is 1. The Morgan fingerprint density at radius 2 is 1.85 bits per heavy atom. The summed E-state index contributed by atoms with van der Waals surface area (Å²) in [5.41, 5.74) is 1.58. The molecule has 3 aromatic rings. The fraction of sp³-hybridized carbons (Fsp3) is 0.0526. The molecule has 2 aromatic carbocycles. The Bertz CT molecular complexity index is 1060. The molecule has 0 aliphatic heterocycles. The van der Waals surface area contributed by atoms with Gasteiger partial charge in [0, 0.05) is 11.1 Å². The molecule has 0 saturated heterocycles. The van der Waals surface area contributed by atoms with Gasteiger partial charge in [0.05, 0.1) is 22.0 Å². The SMILES string of the molecule is Cc1nc(Nc2ccccc2C#N)cc(C(=O)Nc2cc(Cl)ccc2Cl)n1. The third-order valence-electron chi connectivity index (χ3n) is 3.56. The first kappa shape index (κ1) is 18.6. The van der Waals surface area contributed by atoms with Crippen molar-refractivity contribution >= 4 is 46.3 Å². The van der Waals surface area contributed by atoms with Crippen LogP contribution >= 0.6 is 23.2 Å². The van der Waals surface area contributed by atoms with Crippen LogP contribution < -0.4 is 10.6 Å². The van der Waals surface area contributed by atoms with E-state index in [2.05, 4.69) is 26.7 Å². The minimum atomic E-state index is -0.457. The quantitative estimate of drug-likeness (QED) is 0.648.